The molecule has 0 unspecified atom stereocenters. The molecule has 4 aromatic rings. The van der Waals surface area contributed by atoms with Crippen LogP contribution in [0.15, 0.2) is 66.3 Å². The first-order valence-corrected chi connectivity index (χ1v) is 9.27. The molecule has 5 nitrogen and oxygen atoms in total. The van der Waals surface area contributed by atoms with E-state index >= 15 is 0 Å². The van der Waals surface area contributed by atoms with Crippen molar-refractivity contribution in [3.05, 3.63) is 77.4 Å². The van der Waals surface area contributed by atoms with Crippen molar-refractivity contribution in [1.29, 1.82) is 0 Å². The number of hydrogen-bond acceptors (Lipinski definition) is 4. The number of thiazole rings is 1. The van der Waals surface area contributed by atoms with Gasteiger partial charge < -0.3 is 15.6 Å². The number of nitrogens with one attached hydrogen (secondary N) is 3. The molecule has 0 radical (unpaired) electrons. The van der Waals surface area contributed by atoms with Gasteiger partial charge in [0.2, 0.25) is 0 Å². The molecular formula is C20H18N4OS. The van der Waals surface area contributed by atoms with E-state index < -0.39 is 0 Å². The lowest BCUT2D eigenvalue weighted by Gasteiger charge is -2.07. The molecule has 0 bridgehead atoms. The number of amides is 1. The average Bonchev–Trinajstić information content (AvgIpc) is 3.32. The lowest BCUT2D eigenvalue weighted by Crippen LogP contribution is -2.25. The second-order valence-corrected chi connectivity index (χ2v) is 6.80. The highest BCUT2D eigenvalue weighted by Gasteiger charge is 2.08. The summed E-state index contributed by atoms with van der Waals surface area (Å²) in [6, 6.07) is 15.6. The van der Waals surface area contributed by atoms with Crippen LogP contribution in [-0.2, 0) is 6.42 Å². The summed E-state index contributed by atoms with van der Waals surface area (Å²) in [5.41, 5.74) is 3.81. The Morgan fingerprint density at radius 1 is 1.15 bits per heavy atom. The summed E-state index contributed by atoms with van der Waals surface area (Å²) in [4.78, 5) is 19.9. The number of H-pyrrole nitrogens is 1. The van der Waals surface area contributed by atoms with Gasteiger partial charge in [-0.05, 0) is 36.2 Å². The fourth-order valence-electron chi connectivity index (χ4n) is 2.90. The quantitative estimate of drug-likeness (QED) is 0.478. The predicted octanol–water partition coefficient (Wildman–Crippen LogP) is 4.34. The number of aromatic nitrogens is 2. The van der Waals surface area contributed by atoms with Crippen LogP contribution < -0.4 is 10.6 Å². The Kier molecular flexibility index (Phi) is 4.66. The van der Waals surface area contributed by atoms with Crippen molar-refractivity contribution in [2.24, 2.45) is 0 Å². The first-order chi connectivity index (χ1) is 12.8. The first kappa shape index (κ1) is 16.4. The summed E-state index contributed by atoms with van der Waals surface area (Å²) in [6.45, 7) is 0.588. The van der Waals surface area contributed by atoms with Crippen LogP contribution in [0.25, 0.3) is 10.9 Å². The maximum atomic E-state index is 12.4. The highest BCUT2D eigenvalue weighted by Crippen LogP contribution is 2.20. The monoisotopic (exact) mass is 362 g/mol. The summed E-state index contributed by atoms with van der Waals surface area (Å²) < 4.78 is 0. The zero-order valence-corrected chi connectivity index (χ0v) is 14.8. The summed E-state index contributed by atoms with van der Waals surface area (Å²) in [5.74, 6) is -0.0763. The third-order valence-corrected chi connectivity index (χ3v) is 4.85. The first-order valence-electron chi connectivity index (χ1n) is 8.39. The van der Waals surface area contributed by atoms with Gasteiger partial charge in [-0.15, -0.1) is 11.3 Å². The summed E-state index contributed by atoms with van der Waals surface area (Å²) in [6.07, 6.45) is 4.54. The van der Waals surface area contributed by atoms with Crippen molar-refractivity contribution in [3.63, 3.8) is 0 Å². The third kappa shape index (κ3) is 3.60. The predicted molar refractivity (Wildman–Crippen MR) is 106 cm³/mol. The molecule has 6 heteroatoms. The van der Waals surface area contributed by atoms with Crippen molar-refractivity contribution in [2.45, 2.75) is 6.42 Å². The Labute approximate surface area is 155 Å². The number of rotatable bonds is 6. The molecule has 0 aliphatic carbocycles. The van der Waals surface area contributed by atoms with Crippen LogP contribution in [0.2, 0.25) is 0 Å². The van der Waals surface area contributed by atoms with Crippen molar-refractivity contribution in [2.75, 3.05) is 11.9 Å². The van der Waals surface area contributed by atoms with E-state index in [1.165, 1.54) is 22.3 Å². The van der Waals surface area contributed by atoms with Gasteiger partial charge in [0, 0.05) is 46.5 Å². The van der Waals surface area contributed by atoms with E-state index in [2.05, 4.69) is 32.7 Å². The molecule has 0 saturated heterocycles. The fraction of sp³-hybridized carbons (Fsp3) is 0.100. The molecule has 130 valence electrons. The zero-order chi connectivity index (χ0) is 17.8. The maximum Gasteiger partial charge on any atom is 0.251 e. The molecule has 26 heavy (non-hydrogen) atoms. The van der Waals surface area contributed by atoms with Gasteiger partial charge in [0.1, 0.15) is 0 Å². The number of carbonyl (C=O) groups is 1. The van der Waals surface area contributed by atoms with E-state index in [0.717, 1.165) is 22.8 Å². The normalized spacial score (nSPS) is 10.8. The van der Waals surface area contributed by atoms with Gasteiger partial charge in [-0.3, -0.25) is 4.79 Å². The van der Waals surface area contributed by atoms with Crippen LogP contribution in [0.3, 0.4) is 0 Å². The van der Waals surface area contributed by atoms with Crippen molar-refractivity contribution in [1.82, 2.24) is 15.3 Å². The van der Waals surface area contributed by atoms with Crippen LogP contribution in [0.1, 0.15) is 15.9 Å². The van der Waals surface area contributed by atoms with E-state index in [1.807, 2.05) is 48.0 Å². The van der Waals surface area contributed by atoms with E-state index in [1.54, 1.807) is 6.20 Å². The largest absolute Gasteiger partial charge is 0.361 e. The number of benzene rings is 2. The summed E-state index contributed by atoms with van der Waals surface area (Å²) >= 11 is 1.52. The minimum atomic E-state index is -0.0763. The topological polar surface area (TPSA) is 69.8 Å². The molecule has 2 aromatic carbocycles. The molecule has 0 aliphatic heterocycles. The maximum absolute atomic E-state index is 12.4. The van der Waals surface area contributed by atoms with Gasteiger partial charge in [-0.1, -0.05) is 24.3 Å². The number of aromatic amines is 1. The number of carbonyl (C=O) groups excluding carboxylic acids is 1. The second kappa shape index (κ2) is 7.41. The van der Waals surface area contributed by atoms with Gasteiger partial charge in [-0.25, -0.2) is 4.98 Å². The molecule has 2 aromatic heterocycles. The Hall–Kier alpha value is -3.12. The van der Waals surface area contributed by atoms with E-state index in [0.29, 0.717) is 12.1 Å². The molecule has 0 fully saturated rings. The van der Waals surface area contributed by atoms with Crippen molar-refractivity contribution >= 4 is 39.0 Å². The minimum absolute atomic E-state index is 0.0763. The Morgan fingerprint density at radius 3 is 2.96 bits per heavy atom. The lowest BCUT2D eigenvalue weighted by molar-refractivity contribution is 0.0954. The molecule has 1 amide bonds. The molecular weight excluding hydrogens is 344 g/mol. The highest BCUT2D eigenvalue weighted by atomic mass is 32.1. The van der Waals surface area contributed by atoms with Gasteiger partial charge in [0.05, 0.1) is 0 Å². The molecule has 0 saturated carbocycles. The SMILES string of the molecule is O=C(NCCc1c[nH]c2ccccc12)c1cccc(Nc2nccs2)c1. The van der Waals surface area contributed by atoms with Crippen LogP contribution in [-0.4, -0.2) is 22.4 Å². The van der Waals surface area contributed by atoms with Gasteiger partial charge in [0.25, 0.3) is 5.91 Å². The van der Waals surface area contributed by atoms with Crippen LogP contribution >= 0.6 is 11.3 Å². The van der Waals surface area contributed by atoms with Crippen molar-refractivity contribution in [3.8, 4) is 0 Å². The van der Waals surface area contributed by atoms with Gasteiger partial charge >= 0.3 is 0 Å². The molecule has 4 rings (SSSR count). The fourth-order valence-corrected chi connectivity index (χ4v) is 3.45. The molecule has 3 N–H and O–H groups in total. The molecule has 0 atom stereocenters. The number of fused-ring (bicyclic) bond motifs is 1. The minimum Gasteiger partial charge on any atom is -0.361 e. The van der Waals surface area contributed by atoms with E-state index in [9.17, 15) is 4.79 Å². The molecule has 0 aliphatic rings. The summed E-state index contributed by atoms with van der Waals surface area (Å²) in [7, 11) is 0. The van der Waals surface area contributed by atoms with E-state index in [-0.39, 0.29) is 5.91 Å². The van der Waals surface area contributed by atoms with Crippen LogP contribution in [0.5, 0.6) is 0 Å². The van der Waals surface area contributed by atoms with Crippen LogP contribution in [0, 0.1) is 0 Å². The number of hydrogen-bond donors (Lipinski definition) is 3. The van der Waals surface area contributed by atoms with Crippen LogP contribution in [0.4, 0.5) is 10.8 Å². The van der Waals surface area contributed by atoms with Gasteiger partial charge in [0.15, 0.2) is 5.13 Å². The number of anilines is 2. The Balaban J connectivity index is 1.37. The third-order valence-electron chi connectivity index (χ3n) is 4.16. The molecule has 2 heterocycles. The van der Waals surface area contributed by atoms with Crippen molar-refractivity contribution < 1.29 is 4.79 Å². The second-order valence-electron chi connectivity index (χ2n) is 5.91. The Morgan fingerprint density at radius 2 is 2.08 bits per heavy atom. The zero-order valence-electron chi connectivity index (χ0n) is 14.0. The smallest absolute Gasteiger partial charge is 0.251 e. The lowest BCUT2D eigenvalue weighted by atomic mass is 10.1. The highest BCUT2D eigenvalue weighted by molar-refractivity contribution is 7.13. The number of para-hydroxylation sites is 1. The average molecular weight is 362 g/mol. The van der Waals surface area contributed by atoms with Gasteiger partial charge in [-0.2, -0.15) is 0 Å². The Bertz CT molecular complexity index is 1020. The van der Waals surface area contributed by atoms with E-state index in [4.69, 9.17) is 0 Å². The molecule has 0 spiro atoms. The number of nitrogens with zero attached hydrogens (tertiary/aromatic N) is 1. The summed E-state index contributed by atoms with van der Waals surface area (Å²) in [5, 5.41) is 10.1. The standard InChI is InChI=1S/C20H18N4OS/c25-19(14-4-3-5-16(12-14)24-20-22-10-11-26-20)21-9-8-15-13-23-18-7-2-1-6-17(15)18/h1-7,10-13,23H,8-9H2,(H,21,25)(H,22,24).